The van der Waals surface area contributed by atoms with Gasteiger partial charge < -0.3 is 14.2 Å². The second kappa shape index (κ2) is 5.62. The summed E-state index contributed by atoms with van der Waals surface area (Å²) < 4.78 is 11.6. The van der Waals surface area contributed by atoms with Gasteiger partial charge in [-0.2, -0.15) is 4.98 Å². The quantitative estimate of drug-likeness (QED) is 0.861. The van der Waals surface area contributed by atoms with Gasteiger partial charge in [0.2, 0.25) is 5.89 Å². The summed E-state index contributed by atoms with van der Waals surface area (Å²) in [6.07, 6.45) is 2.14. The van der Waals surface area contributed by atoms with Gasteiger partial charge in [-0.05, 0) is 29.1 Å². The van der Waals surface area contributed by atoms with Crippen LogP contribution >= 0.6 is 0 Å². The molecule has 0 amide bonds. The van der Waals surface area contributed by atoms with E-state index in [1.54, 1.807) is 0 Å². The number of aryl methyl sites for hydroxylation is 1. The van der Waals surface area contributed by atoms with Crippen molar-refractivity contribution in [2.45, 2.75) is 25.0 Å². The van der Waals surface area contributed by atoms with Crippen LogP contribution in [0.1, 0.15) is 23.4 Å². The van der Waals surface area contributed by atoms with Crippen LogP contribution in [0.25, 0.3) is 0 Å². The number of rotatable bonds is 3. The minimum Gasteiger partial charge on any atom is -0.368 e. The van der Waals surface area contributed by atoms with Crippen molar-refractivity contribution in [1.82, 2.24) is 15.0 Å². The lowest BCUT2D eigenvalue weighted by Crippen LogP contribution is -2.48. The highest BCUT2D eigenvalue weighted by Gasteiger charge is 2.43. The molecule has 1 unspecified atom stereocenters. The van der Waals surface area contributed by atoms with Gasteiger partial charge >= 0.3 is 0 Å². The molecular formula is C17H22N4O2. The van der Waals surface area contributed by atoms with E-state index in [1.807, 2.05) is 19.0 Å². The largest absolute Gasteiger partial charge is 0.368 e. The molecule has 23 heavy (non-hydrogen) atoms. The molecule has 1 aliphatic carbocycles. The summed E-state index contributed by atoms with van der Waals surface area (Å²) in [4.78, 5) is 8.64. The van der Waals surface area contributed by atoms with Crippen LogP contribution in [0.2, 0.25) is 0 Å². The van der Waals surface area contributed by atoms with E-state index >= 15 is 0 Å². The van der Waals surface area contributed by atoms with Gasteiger partial charge in [0.05, 0.1) is 13.2 Å². The Morgan fingerprint density at radius 3 is 3.00 bits per heavy atom. The molecule has 1 aliphatic heterocycles. The Hall–Kier alpha value is -1.92. The summed E-state index contributed by atoms with van der Waals surface area (Å²) in [5.74, 6) is 1.28. The van der Waals surface area contributed by atoms with Crippen molar-refractivity contribution in [3.05, 3.63) is 41.3 Å². The zero-order chi connectivity index (χ0) is 15.9. The van der Waals surface area contributed by atoms with Gasteiger partial charge in [-0.15, -0.1) is 0 Å². The number of anilines is 1. The summed E-state index contributed by atoms with van der Waals surface area (Å²) in [6.45, 7) is 3.18. The number of morpholine rings is 1. The molecule has 0 saturated carbocycles. The minimum atomic E-state index is -0.167. The van der Waals surface area contributed by atoms with E-state index in [4.69, 9.17) is 9.26 Å². The molecule has 2 heterocycles. The van der Waals surface area contributed by atoms with Gasteiger partial charge in [0, 0.05) is 27.2 Å². The SMILES string of the molecule is CN(C)c1noc(CN2CCOC3(CCc4ccccc43)C2)n1. The monoisotopic (exact) mass is 314 g/mol. The molecular weight excluding hydrogens is 292 g/mol. The number of benzene rings is 1. The number of aromatic nitrogens is 2. The second-order valence-corrected chi connectivity index (χ2v) is 6.59. The van der Waals surface area contributed by atoms with E-state index in [9.17, 15) is 0 Å². The summed E-state index contributed by atoms with van der Waals surface area (Å²) >= 11 is 0. The van der Waals surface area contributed by atoms with E-state index in [2.05, 4.69) is 39.3 Å². The van der Waals surface area contributed by atoms with Crippen LogP contribution in [-0.2, 0) is 23.3 Å². The second-order valence-electron chi connectivity index (χ2n) is 6.59. The summed E-state index contributed by atoms with van der Waals surface area (Å²) in [6, 6.07) is 8.64. The molecule has 0 bridgehead atoms. The standard InChI is InChI=1S/C17H22N4O2/c1-20(2)16-18-15(23-19-16)11-21-9-10-22-17(12-21)8-7-13-5-3-4-6-14(13)17/h3-6H,7-12H2,1-2H3. The van der Waals surface area contributed by atoms with Crippen molar-refractivity contribution in [2.24, 2.45) is 0 Å². The lowest BCUT2D eigenvalue weighted by atomic mass is 9.93. The molecule has 122 valence electrons. The first-order chi connectivity index (χ1) is 11.2. The first kappa shape index (κ1) is 14.7. The minimum absolute atomic E-state index is 0.167. The van der Waals surface area contributed by atoms with Gasteiger partial charge in [0.15, 0.2) is 0 Å². The predicted molar refractivity (Wildman–Crippen MR) is 86.3 cm³/mol. The molecule has 6 nitrogen and oxygen atoms in total. The lowest BCUT2D eigenvalue weighted by molar-refractivity contribution is -0.117. The molecule has 4 rings (SSSR count). The number of ether oxygens (including phenoxy) is 1. The molecule has 1 aromatic heterocycles. The maximum Gasteiger partial charge on any atom is 0.265 e. The Morgan fingerprint density at radius 2 is 2.17 bits per heavy atom. The molecule has 0 radical (unpaired) electrons. The van der Waals surface area contributed by atoms with E-state index in [1.165, 1.54) is 11.1 Å². The number of hydrogen-bond acceptors (Lipinski definition) is 6. The van der Waals surface area contributed by atoms with Crippen molar-refractivity contribution < 1.29 is 9.26 Å². The highest BCUT2D eigenvalue weighted by Crippen LogP contribution is 2.42. The van der Waals surface area contributed by atoms with E-state index in [0.717, 1.165) is 32.5 Å². The third-order valence-corrected chi connectivity index (χ3v) is 4.79. The highest BCUT2D eigenvalue weighted by molar-refractivity contribution is 5.38. The van der Waals surface area contributed by atoms with Gasteiger partial charge in [-0.25, -0.2) is 0 Å². The Morgan fingerprint density at radius 1 is 1.30 bits per heavy atom. The zero-order valence-electron chi connectivity index (χ0n) is 13.7. The molecule has 1 fully saturated rings. The van der Waals surface area contributed by atoms with Crippen molar-refractivity contribution in [3.63, 3.8) is 0 Å². The van der Waals surface area contributed by atoms with Crippen LogP contribution in [0.3, 0.4) is 0 Å². The molecule has 2 aliphatic rings. The van der Waals surface area contributed by atoms with E-state index in [0.29, 0.717) is 18.4 Å². The van der Waals surface area contributed by atoms with Crippen molar-refractivity contribution in [2.75, 3.05) is 38.7 Å². The van der Waals surface area contributed by atoms with Crippen molar-refractivity contribution >= 4 is 5.95 Å². The first-order valence-corrected chi connectivity index (χ1v) is 8.11. The summed E-state index contributed by atoms with van der Waals surface area (Å²) in [5.41, 5.74) is 2.60. The maximum absolute atomic E-state index is 6.25. The fourth-order valence-corrected chi connectivity index (χ4v) is 3.64. The van der Waals surface area contributed by atoms with Gasteiger partial charge in [0.25, 0.3) is 5.95 Å². The Kier molecular flexibility index (Phi) is 3.58. The Bertz CT molecular complexity index is 695. The third kappa shape index (κ3) is 2.62. The molecule has 0 N–H and O–H groups in total. The molecule has 6 heteroatoms. The summed E-state index contributed by atoms with van der Waals surface area (Å²) in [7, 11) is 3.82. The molecule has 1 atom stereocenters. The van der Waals surface area contributed by atoms with E-state index in [-0.39, 0.29) is 5.60 Å². The highest BCUT2D eigenvalue weighted by atomic mass is 16.5. The van der Waals surface area contributed by atoms with Crippen LogP contribution in [0.15, 0.2) is 28.8 Å². The molecule has 1 saturated heterocycles. The van der Waals surface area contributed by atoms with Crippen LogP contribution in [0, 0.1) is 0 Å². The predicted octanol–water partition coefficient (Wildman–Crippen LogP) is 1.81. The van der Waals surface area contributed by atoms with E-state index < -0.39 is 0 Å². The Balaban J connectivity index is 1.51. The van der Waals surface area contributed by atoms with Crippen molar-refractivity contribution in [3.8, 4) is 0 Å². The van der Waals surface area contributed by atoms with Gasteiger partial charge in [-0.3, -0.25) is 4.90 Å². The molecule has 1 spiro atoms. The summed E-state index contributed by atoms with van der Waals surface area (Å²) in [5, 5.41) is 3.99. The average molecular weight is 314 g/mol. The maximum atomic E-state index is 6.25. The van der Waals surface area contributed by atoms with Gasteiger partial charge in [0.1, 0.15) is 5.60 Å². The van der Waals surface area contributed by atoms with Crippen LogP contribution in [0.5, 0.6) is 0 Å². The first-order valence-electron chi connectivity index (χ1n) is 8.11. The van der Waals surface area contributed by atoms with Crippen molar-refractivity contribution in [1.29, 1.82) is 0 Å². The zero-order valence-corrected chi connectivity index (χ0v) is 13.7. The van der Waals surface area contributed by atoms with Crippen LogP contribution in [0.4, 0.5) is 5.95 Å². The van der Waals surface area contributed by atoms with Gasteiger partial charge in [-0.1, -0.05) is 24.3 Å². The lowest BCUT2D eigenvalue weighted by Gasteiger charge is -2.40. The van der Waals surface area contributed by atoms with Crippen LogP contribution in [-0.4, -0.2) is 48.8 Å². The smallest absolute Gasteiger partial charge is 0.265 e. The number of hydrogen-bond donors (Lipinski definition) is 0. The van der Waals surface area contributed by atoms with Crippen LogP contribution < -0.4 is 4.90 Å². The fourth-order valence-electron chi connectivity index (χ4n) is 3.64. The normalized spacial score (nSPS) is 24.1. The fraction of sp³-hybridized carbons (Fsp3) is 0.529. The molecule has 1 aromatic carbocycles. The Labute approximate surface area is 136 Å². The number of nitrogens with zero attached hydrogens (tertiary/aromatic N) is 4. The number of fused-ring (bicyclic) bond motifs is 2. The topological polar surface area (TPSA) is 54.6 Å². The third-order valence-electron chi connectivity index (χ3n) is 4.79. The molecule has 2 aromatic rings. The average Bonchev–Trinajstić information content (AvgIpc) is 3.14.